The summed E-state index contributed by atoms with van der Waals surface area (Å²) in [5, 5.41) is 17.5. The number of likely N-dealkylation sites (N-methyl/N-ethyl adjacent to an activating group) is 1. The van der Waals surface area contributed by atoms with E-state index in [9.17, 15) is 23.1 Å². The summed E-state index contributed by atoms with van der Waals surface area (Å²) in [5.74, 6) is 0.740. The van der Waals surface area contributed by atoms with Crippen LogP contribution in [0.25, 0.3) is 0 Å². The van der Waals surface area contributed by atoms with Gasteiger partial charge in [0.05, 0.1) is 30.4 Å². The highest BCUT2D eigenvalue weighted by Gasteiger charge is 2.32. The van der Waals surface area contributed by atoms with Crippen LogP contribution in [0.1, 0.15) is 50.4 Å². The molecule has 0 spiro atoms. The highest BCUT2D eigenvalue weighted by molar-refractivity contribution is 7.91. The van der Waals surface area contributed by atoms with E-state index >= 15 is 0 Å². The fourth-order valence-electron chi connectivity index (χ4n) is 5.65. The third-order valence-corrected chi connectivity index (χ3v) is 11.7. The Balaban J connectivity index is 1.39. The standard InChI is InChI=1S/C34H44N4O9S2/c1-22-18-38(23(2)20-39)33(40)27-16-25(35-34(41)36-26-11-13-29-30(17-26)46-21-45-29)10-12-28(27)47-24(3)8-5-6-14-44-31(22)19-37(4)49(42,43)32-9-7-15-48-32/h7,9-13,15-17,22-24,31,39H,5-6,8,14,18-21H2,1-4H3,(H2,35,36,41)/t22-,23-,24+,31-/m0/s1. The zero-order chi connectivity index (χ0) is 35.1. The van der Waals surface area contributed by atoms with Crippen LogP contribution in [0.3, 0.4) is 0 Å². The number of aliphatic hydroxyl groups is 1. The first-order valence-corrected chi connectivity index (χ1v) is 18.6. The Hall–Kier alpha value is -3.89. The second-order valence-electron chi connectivity index (χ2n) is 12.4. The molecule has 0 unspecified atom stereocenters. The number of carbonyl (C=O) groups excluding carboxylic acids is 2. The van der Waals surface area contributed by atoms with E-state index in [0.29, 0.717) is 41.7 Å². The van der Waals surface area contributed by atoms with Crippen molar-refractivity contribution in [2.24, 2.45) is 5.92 Å². The van der Waals surface area contributed by atoms with Crippen LogP contribution in [0, 0.1) is 5.92 Å². The topological polar surface area (TPSA) is 156 Å². The molecule has 3 aromatic rings. The molecule has 3 N–H and O–H groups in total. The number of rotatable bonds is 8. The maximum Gasteiger partial charge on any atom is 0.323 e. The molecule has 0 saturated carbocycles. The van der Waals surface area contributed by atoms with Gasteiger partial charge in [-0.1, -0.05) is 13.0 Å². The number of nitrogens with zero attached hydrogens (tertiary/aromatic N) is 2. The van der Waals surface area contributed by atoms with Crippen LogP contribution in [-0.4, -0.2) is 93.1 Å². The van der Waals surface area contributed by atoms with Crippen molar-refractivity contribution in [3.63, 3.8) is 0 Å². The van der Waals surface area contributed by atoms with Crippen molar-refractivity contribution in [1.82, 2.24) is 9.21 Å². The quantitative estimate of drug-likeness (QED) is 0.284. The van der Waals surface area contributed by atoms with Crippen molar-refractivity contribution in [2.75, 3.05) is 50.8 Å². The first-order chi connectivity index (χ1) is 23.5. The molecule has 3 amide bonds. The lowest BCUT2D eigenvalue weighted by Gasteiger charge is -2.35. The zero-order valence-electron chi connectivity index (χ0n) is 28.1. The van der Waals surface area contributed by atoms with Gasteiger partial charge in [-0.2, -0.15) is 4.31 Å². The van der Waals surface area contributed by atoms with Crippen molar-refractivity contribution in [3.8, 4) is 17.2 Å². The monoisotopic (exact) mass is 716 g/mol. The Morgan fingerprint density at radius 2 is 1.78 bits per heavy atom. The SMILES string of the molecule is C[C@@H]1CCCCO[C@@H](CN(C)S(=O)(=O)c2cccs2)[C@@H](C)CN([C@@H](C)CO)C(=O)c2cc(NC(=O)Nc3ccc4c(c3)OCO4)ccc2O1. The summed E-state index contributed by atoms with van der Waals surface area (Å²) in [4.78, 5) is 28.9. The van der Waals surface area contributed by atoms with Crippen LogP contribution < -0.4 is 24.8 Å². The van der Waals surface area contributed by atoms with Gasteiger partial charge in [0.1, 0.15) is 9.96 Å². The number of nitrogens with one attached hydrogen (secondary N) is 2. The van der Waals surface area contributed by atoms with Crippen LogP contribution in [0.2, 0.25) is 0 Å². The number of benzene rings is 2. The molecule has 266 valence electrons. The van der Waals surface area contributed by atoms with E-state index in [2.05, 4.69) is 10.6 Å². The van der Waals surface area contributed by atoms with E-state index in [-0.39, 0.29) is 48.3 Å². The smallest absolute Gasteiger partial charge is 0.323 e. The number of aliphatic hydroxyl groups excluding tert-OH is 1. The number of hydrogen-bond donors (Lipinski definition) is 3. The Labute approximate surface area is 291 Å². The van der Waals surface area contributed by atoms with Gasteiger partial charge < -0.3 is 39.6 Å². The number of thiophene rings is 1. The largest absolute Gasteiger partial charge is 0.490 e. The number of amides is 3. The van der Waals surface area contributed by atoms with Crippen molar-refractivity contribution >= 4 is 44.7 Å². The first kappa shape index (κ1) is 36.4. The number of anilines is 2. The highest BCUT2D eigenvalue weighted by atomic mass is 32.2. The zero-order valence-corrected chi connectivity index (χ0v) is 29.7. The summed E-state index contributed by atoms with van der Waals surface area (Å²) < 4.78 is 51.4. The molecule has 0 radical (unpaired) electrons. The number of sulfonamides is 1. The van der Waals surface area contributed by atoms with Gasteiger partial charge in [-0.05, 0) is 74.9 Å². The number of hydrogen-bond acceptors (Lipinski definition) is 10. The van der Waals surface area contributed by atoms with E-state index in [0.717, 1.165) is 24.2 Å². The number of ether oxygens (including phenoxy) is 4. The molecule has 0 saturated heterocycles. The van der Waals surface area contributed by atoms with Crippen LogP contribution >= 0.6 is 11.3 Å². The molecule has 5 rings (SSSR count). The lowest BCUT2D eigenvalue weighted by atomic mass is 10.0. The van der Waals surface area contributed by atoms with E-state index in [4.69, 9.17) is 18.9 Å². The third kappa shape index (κ3) is 9.02. The van der Waals surface area contributed by atoms with E-state index in [1.807, 2.05) is 13.8 Å². The summed E-state index contributed by atoms with van der Waals surface area (Å²) in [6, 6.07) is 12.1. The number of urea groups is 1. The molecule has 2 aliphatic heterocycles. The molecule has 0 bridgehead atoms. The second-order valence-corrected chi connectivity index (χ2v) is 15.6. The lowest BCUT2D eigenvalue weighted by molar-refractivity contribution is -0.00832. The molecule has 13 nitrogen and oxygen atoms in total. The Bertz CT molecular complexity index is 1700. The van der Waals surface area contributed by atoms with Gasteiger partial charge >= 0.3 is 6.03 Å². The minimum absolute atomic E-state index is 0.0829. The fraction of sp³-hybridized carbons (Fsp3) is 0.471. The predicted molar refractivity (Wildman–Crippen MR) is 186 cm³/mol. The Kier molecular flexibility index (Phi) is 12.0. The highest BCUT2D eigenvalue weighted by Crippen LogP contribution is 2.34. The van der Waals surface area contributed by atoms with Gasteiger partial charge in [0.15, 0.2) is 11.5 Å². The molecule has 2 aromatic carbocycles. The normalized spacial score (nSPS) is 21.0. The molecule has 1 aromatic heterocycles. The maximum atomic E-state index is 14.4. The van der Waals surface area contributed by atoms with Gasteiger partial charge in [-0.15, -0.1) is 11.3 Å². The molecule has 15 heteroatoms. The maximum absolute atomic E-state index is 14.4. The van der Waals surface area contributed by atoms with Gasteiger partial charge in [0.2, 0.25) is 6.79 Å². The van der Waals surface area contributed by atoms with Gasteiger partial charge in [0, 0.05) is 50.1 Å². The molecule has 49 heavy (non-hydrogen) atoms. The number of carbonyl (C=O) groups is 2. The molecule has 0 fully saturated rings. The molecular formula is C34H44N4O9S2. The number of fused-ring (bicyclic) bond motifs is 2. The second kappa shape index (κ2) is 16.2. The Morgan fingerprint density at radius 1 is 1.06 bits per heavy atom. The van der Waals surface area contributed by atoms with Crippen LogP contribution in [0.15, 0.2) is 58.1 Å². The molecule has 3 heterocycles. The predicted octanol–water partition coefficient (Wildman–Crippen LogP) is 5.24. The minimum atomic E-state index is -3.73. The van der Waals surface area contributed by atoms with Gasteiger partial charge in [0.25, 0.3) is 15.9 Å². The van der Waals surface area contributed by atoms with E-state index in [1.165, 1.54) is 11.4 Å². The average Bonchev–Trinajstić information content (AvgIpc) is 3.79. The molecule has 2 aliphatic rings. The summed E-state index contributed by atoms with van der Waals surface area (Å²) in [7, 11) is -2.20. The van der Waals surface area contributed by atoms with Crippen LogP contribution in [-0.2, 0) is 14.8 Å². The van der Waals surface area contributed by atoms with Gasteiger partial charge in [-0.25, -0.2) is 13.2 Å². The van der Waals surface area contributed by atoms with Gasteiger partial charge in [-0.3, -0.25) is 4.79 Å². The molecule has 0 aliphatic carbocycles. The van der Waals surface area contributed by atoms with Crippen molar-refractivity contribution in [1.29, 1.82) is 0 Å². The first-order valence-electron chi connectivity index (χ1n) is 16.3. The summed E-state index contributed by atoms with van der Waals surface area (Å²) in [6.45, 7) is 6.04. The average molecular weight is 717 g/mol. The minimum Gasteiger partial charge on any atom is -0.490 e. The van der Waals surface area contributed by atoms with Crippen LogP contribution in [0.4, 0.5) is 16.2 Å². The van der Waals surface area contributed by atoms with E-state index < -0.39 is 34.1 Å². The van der Waals surface area contributed by atoms with Crippen molar-refractivity contribution in [3.05, 3.63) is 59.5 Å². The third-order valence-electron chi connectivity index (χ3n) is 8.54. The lowest BCUT2D eigenvalue weighted by Crippen LogP contribution is -2.48. The van der Waals surface area contributed by atoms with Crippen LogP contribution in [0.5, 0.6) is 17.2 Å². The summed E-state index contributed by atoms with van der Waals surface area (Å²) in [5.41, 5.74) is 1.07. The summed E-state index contributed by atoms with van der Waals surface area (Å²) >= 11 is 1.15. The molecular weight excluding hydrogens is 673 g/mol. The van der Waals surface area contributed by atoms with Crippen molar-refractivity contribution < 1.29 is 42.1 Å². The Morgan fingerprint density at radius 3 is 2.49 bits per heavy atom. The molecule has 4 atom stereocenters. The van der Waals surface area contributed by atoms with Crippen molar-refractivity contribution in [2.45, 2.75) is 62.5 Å². The fourth-order valence-corrected chi connectivity index (χ4v) is 8.03. The van der Waals surface area contributed by atoms with E-state index in [1.54, 1.807) is 65.7 Å². The summed E-state index contributed by atoms with van der Waals surface area (Å²) in [6.07, 6.45) is 1.45.